The third-order valence-corrected chi connectivity index (χ3v) is 6.62. The highest BCUT2D eigenvalue weighted by Gasteiger charge is 2.34. The molecule has 0 radical (unpaired) electrons. The average Bonchev–Trinajstić information content (AvgIpc) is 3.04. The molecule has 0 aromatic heterocycles. The Kier molecular flexibility index (Phi) is 5.10. The number of phenolic OH excluding ortho intramolecular Hbond substituents is 1. The number of piperazine rings is 1. The third kappa shape index (κ3) is 3.06. The molecule has 0 unspecified atom stereocenters. The van der Waals surface area contributed by atoms with E-state index in [1.54, 1.807) is 0 Å². The van der Waals surface area contributed by atoms with Gasteiger partial charge in [-0.3, -0.25) is 4.90 Å². The predicted molar refractivity (Wildman–Crippen MR) is 94.4 cm³/mol. The van der Waals surface area contributed by atoms with E-state index in [0.29, 0.717) is 17.7 Å². The van der Waals surface area contributed by atoms with Gasteiger partial charge >= 0.3 is 0 Å². The lowest BCUT2D eigenvalue weighted by Gasteiger charge is -2.39. The van der Waals surface area contributed by atoms with Crippen molar-refractivity contribution in [1.29, 1.82) is 0 Å². The predicted octanol–water partition coefficient (Wildman–Crippen LogP) is 3.91. The quantitative estimate of drug-likeness (QED) is 0.850. The van der Waals surface area contributed by atoms with E-state index in [1.807, 2.05) is 6.07 Å². The van der Waals surface area contributed by atoms with Crippen LogP contribution in [0.5, 0.6) is 5.75 Å². The summed E-state index contributed by atoms with van der Waals surface area (Å²) >= 11 is 3.72. The second kappa shape index (κ2) is 6.90. The Morgan fingerprint density at radius 1 is 1.23 bits per heavy atom. The Bertz CT molecular complexity index is 534. The van der Waals surface area contributed by atoms with Crippen molar-refractivity contribution in [3.05, 3.63) is 27.2 Å². The van der Waals surface area contributed by atoms with E-state index in [9.17, 15) is 5.11 Å². The number of nitrogens with zero attached hydrogens (tertiary/aromatic N) is 1. The summed E-state index contributed by atoms with van der Waals surface area (Å²) in [5, 5.41) is 14.1. The molecule has 122 valence electrons. The fourth-order valence-electron chi connectivity index (χ4n) is 4.28. The zero-order chi connectivity index (χ0) is 15.7. The molecule has 22 heavy (non-hydrogen) atoms. The van der Waals surface area contributed by atoms with Crippen molar-refractivity contribution in [3.63, 3.8) is 0 Å². The first kappa shape index (κ1) is 16.3. The summed E-state index contributed by atoms with van der Waals surface area (Å²) in [6.45, 7) is 8.45. The van der Waals surface area contributed by atoms with Crippen LogP contribution in [0, 0.1) is 19.8 Å². The molecule has 1 aromatic carbocycles. The average molecular weight is 367 g/mol. The van der Waals surface area contributed by atoms with Crippen LogP contribution in [0.25, 0.3) is 0 Å². The van der Waals surface area contributed by atoms with Crippen molar-refractivity contribution in [3.8, 4) is 5.75 Å². The molecule has 1 heterocycles. The number of aryl methyl sites for hydroxylation is 1. The van der Waals surface area contributed by atoms with Crippen LogP contribution in [0.3, 0.4) is 0 Å². The molecule has 1 saturated carbocycles. The fraction of sp³-hybridized carbons (Fsp3) is 0.667. The molecule has 1 atom stereocenters. The number of nitrogens with one attached hydrogen (secondary N) is 1. The van der Waals surface area contributed by atoms with Gasteiger partial charge in [-0.1, -0.05) is 28.8 Å². The lowest BCUT2D eigenvalue weighted by Crippen LogP contribution is -2.46. The van der Waals surface area contributed by atoms with Gasteiger partial charge in [-0.15, -0.1) is 0 Å². The Balaban J connectivity index is 2.03. The minimum atomic E-state index is 0.363. The lowest BCUT2D eigenvalue weighted by atomic mass is 9.86. The van der Waals surface area contributed by atoms with Crippen molar-refractivity contribution in [2.45, 2.75) is 45.6 Å². The highest BCUT2D eigenvalue weighted by atomic mass is 79.9. The molecular formula is C18H27BrN2O. The molecule has 2 aliphatic rings. The minimum absolute atomic E-state index is 0.363. The van der Waals surface area contributed by atoms with Crippen molar-refractivity contribution in [1.82, 2.24) is 10.2 Å². The third-order valence-electron chi connectivity index (χ3n) is 5.40. The molecule has 1 aromatic rings. The molecular weight excluding hydrogens is 340 g/mol. The van der Waals surface area contributed by atoms with E-state index >= 15 is 0 Å². The second-order valence-electron chi connectivity index (χ2n) is 6.84. The molecule has 0 amide bonds. The summed E-state index contributed by atoms with van der Waals surface area (Å²) in [6, 6.07) is 2.29. The topological polar surface area (TPSA) is 35.5 Å². The summed E-state index contributed by atoms with van der Waals surface area (Å²) in [6.07, 6.45) is 5.25. The van der Waals surface area contributed by atoms with Gasteiger partial charge in [0.2, 0.25) is 0 Å². The van der Waals surface area contributed by atoms with Crippen LogP contribution in [-0.4, -0.2) is 36.2 Å². The summed E-state index contributed by atoms with van der Waals surface area (Å²) < 4.78 is 1.15. The van der Waals surface area contributed by atoms with E-state index < -0.39 is 0 Å². The van der Waals surface area contributed by atoms with Gasteiger partial charge in [-0.2, -0.15) is 0 Å². The largest absolute Gasteiger partial charge is 0.508 e. The first-order valence-corrected chi connectivity index (χ1v) is 9.32. The molecule has 3 nitrogen and oxygen atoms in total. The Hall–Kier alpha value is -0.580. The zero-order valence-electron chi connectivity index (χ0n) is 13.7. The molecule has 0 bridgehead atoms. The Morgan fingerprint density at radius 3 is 2.50 bits per heavy atom. The Morgan fingerprint density at radius 2 is 1.86 bits per heavy atom. The molecule has 1 aliphatic heterocycles. The van der Waals surface area contributed by atoms with Crippen LogP contribution in [0.2, 0.25) is 0 Å². The standard InChI is InChI=1S/C18H27BrN2O/c1-12-11-15(22)16(13(2)17(12)19)18(14-5-3-4-6-14)21-9-7-20-8-10-21/h11,14,18,20,22H,3-10H2,1-2H3/t18-/m1/s1. The normalized spacial score (nSPS) is 22.1. The van der Waals surface area contributed by atoms with Gasteiger partial charge in [0.05, 0.1) is 0 Å². The smallest absolute Gasteiger partial charge is 0.120 e. The van der Waals surface area contributed by atoms with Crippen LogP contribution in [0.15, 0.2) is 10.5 Å². The maximum atomic E-state index is 10.7. The molecule has 2 N–H and O–H groups in total. The van der Waals surface area contributed by atoms with E-state index in [2.05, 4.69) is 40.0 Å². The SMILES string of the molecule is Cc1cc(O)c([C@@H](C2CCCC2)N2CCNCC2)c(C)c1Br. The van der Waals surface area contributed by atoms with Crippen molar-refractivity contribution in [2.75, 3.05) is 26.2 Å². The van der Waals surface area contributed by atoms with Crippen LogP contribution in [0.4, 0.5) is 0 Å². The number of aromatic hydroxyl groups is 1. The summed E-state index contributed by atoms with van der Waals surface area (Å²) in [4.78, 5) is 2.59. The van der Waals surface area contributed by atoms with Gasteiger partial charge < -0.3 is 10.4 Å². The van der Waals surface area contributed by atoms with Crippen LogP contribution < -0.4 is 5.32 Å². The molecule has 4 heteroatoms. The van der Waals surface area contributed by atoms with Crippen LogP contribution in [0.1, 0.15) is 48.4 Å². The van der Waals surface area contributed by atoms with Crippen LogP contribution >= 0.6 is 15.9 Å². The van der Waals surface area contributed by atoms with Crippen molar-refractivity contribution >= 4 is 15.9 Å². The highest BCUT2D eigenvalue weighted by Crippen LogP contribution is 2.45. The summed E-state index contributed by atoms with van der Waals surface area (Å²) in [7, 11) is 0. The monoisotopic (exact) mass is 366 g/mol. The number of hydrogen-bond acceptors (Lipinski definition) is 3. The van der Waals surface area contributed by atoms with Gasteiger partial charge in [0, 0.05) is 42.3 Å². The zero-order valence-corrected chi connectivity index (χ0v) is 15.2. The van der Waals surface area contributed by atoms with Crippen molar-refractivity contribution < 1.29 is 5.11 Å². The van der Waals surface area contributed by atoms with Gasteiger partial charge in [0.25, 0.3) is 0 Å². The van der Waals surface area contributed by atoms with Gasteiger partial charge in [-0.25, -0.2) is 0 Å². The maximum absolute atomic E-state index is 10.7. The summed E-state index contributed by atoms with van der Waals surface area (Å²) in [5.41, 5.74) is 3.49. The maximum Gasteiger partial charge on any atom is 0.120 e. The van der Waals surface area contributed by atoms with E-state index in [1.165, 1.54) is 31.2 Å². The number of phenols is 1. The molecule has 1 aliphatic carbocycles. The number of hydrogen-bond donors (Lipinski definition) is 2. The fourth-order valence-corrected chi connectivity index (χ4v) is 4.60. The number of halogens is 1. The molecule has 0 spiro atoms. The number of rotatable bonds is 3. The number of benzene rings is 1. The van der Waals surface area contributed by atoms with Crippen molar-refractivity contribution in [2.24, 2.45) is 5.92 Å². The van der Waals surface area contributed by atoms with Gasteiger partial charge in [0.1, 0.15) is 5.75 Å². The summed E-state index contributed by atoms with van der Waals surface area (Å²) in [5.74, 6) is 1.16. The minimum Gasteiger partial charge on any atom is -0.508 e. The van der Waals surface area contributed by atoms with E-state index in [-0.39, 0.29) is 0 Å². The first-order chi connectivity index (χ1) is 10.6. The second-order valence-corrected chi connectivity index (χ2v) is 7.63. The van der Waals surface area contributed by atoms with Gasteiger partial charge in [-0.05, 0) is 49.8 Å². The molecule has 3 rings (SSSR count). The molecule has 1 saturated heterocycles. The first-order valence-electron chi connectivity index (χ1n) is 8.53. The molecule has 2 fully saturated rings. The van der Waals surface area contributed by atoms with E-state index in [0.717, 1.165) is 41.8 Å². The van der Waals surface area contributed by atoms with Crippen LogP contribution in [-0.2, 0) is 0 Å². The highest BCUT2D eigenvalue weighted by molar-refractivity contribution is 9.10. The Labute approximate surface area is 142 Å². The van der Waals surface area contributed by atoms with Gasteiger partial charge in [0.15, 0.2) is 0 Å². The lowest BCUT2D eigenvalue weighted by molar-refractivity contribution is 0.122. The van der Waals surface area contributed by atoms with E-state index in [4.69, 9.17) is 0 Å².